The van der Waals surface area contributed by atoms with Crippen molar-refractivity contribution in [3.63, 3.8) is 0 Å². The first kappa shape index (κ1) is 12.0. The van der Waals surface area contributed by atoms with Crippen molar-refractivity contribution in [2.75, 3.05) is 0 Å². The molecule has 3 aromatic carbocycles. The molecule has 100 valence electrons. The maximum absolute atomic E-state index is 10.9. The van der Waals surface area contributed by atoms with E-state index in [1.54, 1.807) is 6.08 Å². The van der Waals surface area contributed by atoms with Gasteiger partial charge in [0.05, 0.1) is 0 Å². The molecule has 0 saturated heterocycles. The van der Waals surface area contributed by atoms with Gasteiger partial charge >= 0.3 is 0 Å². The maximum atomic E-state index is 10.9. The van der Waals surface area contributed by atoms with Crippen LogP contribution in [-0.2, 0) is 4.79 Å². The first-order valence-corrected chi connectivity index (χ1v) is 6.84. The maximum Gasteiger partial charge on any atom is 0.210 e. The fourth-order valence-electron chi connectivity index (χ4n) is 2.96. The van der Waals surface area contributed by atoms with Crippen LogP contribution in [-0.4, -0.2) is 5.94 Å². The quantitative estimate of drug-likeness (QED) is 0.447. The van der Waals surface area contributed by atoms with Gasteiger partial charge in [0.2, 0.25) is 5.76 Å². The van der Waals surface area contributed by atoms with Crippen LogP contribution in [0.25, 0.3) is 27.6 Å². The van der Waals surface area contributed by atoms with Gasteiger partial charge in [-0.25, -0.2) is 4.79 Å². The van der Waals surface area contributed by atoms with Crippen molar-refractivity contribution < 1.29 is 9.53 Å². The van der Waals surface area contributed by atoms with E-state index in [1.807, 2.05) is 24.2 Å². The molecule has 0 amide bonds. The second-order valence-electron chi connectivity index (χ2n) is 5.22. The molecule has 1 heterocycles. The summed E-state index contributed by atoms with van der Waals surface area (Å²) in [6, 6.07) is 14.5. The molecule has 0 unspecified atom stereocenters. The summed E-state index contributed by atoms with van der Waals surface area (Å²) in [7, 11) is 0. The molecule has 0 aromatic heterocycles. The lowest BCUT2D eigenvalue weighted by atomic mass is 9.94. The van der Waals surface area contributed by atoms with E-state index in [0.717, 1.165) is 32.9 Å². The van der Waals surface area contributed by atoms with Gasteiger partial charge in [-0.2, -0.15) is 0 Å². The van der Waals surface area contributed by atoms with Crippen LogP contribution in [0.3, 0.4) is 0 Å². The molecule has 0 saturated carbocycles. The van der Waals surface area contributed by atoms with E-state index in [4.69, 9.17) is 4.74 Å². The van der Waals surface area contributed by atoms with Crippen LogP contribution in [0, 0.1) is 6.92 Å². The summed E-state index contributed by atoms with van der Waals surface area (Å²) >= 11 is 0. The number of ether oxygens (including phenoxy) is 1. The lowest BCUT2D eigenvalue weighted by molar-refractivity contribution is 0.443. The first-order chi connectivity index (χ1) is 10.3. The molecule has 0 bridgehead atoms. The standard InChI is InChI=1S/C19H12O2/c1-12-10-14-6-8-15(11-20)21-19(14)18-16(12)9-7-13-4-2-3-5-17(13)18/h2-10H,1H3. The van der Waals surface area contributed by atoms with Crippen molar-refractivity contribution in [2.24, 2.45) is 0 Å². The molecule has 0 spiro atoms. The van der Waals surface area contributed by atoms with Crippen LogP contribution in [0.2, 0.25) is 0 Å². The van der Waals surface area contributed by atoms with Crippen LogP contribution in [0.5, 0.6) is 5.75 Å². The molecule has 0 atom stereocenters. The average molecular weight is 272 g/mol. The normalized spacial score (nSPS) is 13.1. The molecule has 2 heteroatoms. The highest BCUT2D eigenvalue weighted by Crippen LogP contribution is 2.40. The highest BCUT2D eigenvalue weighted by atomic mass is 16.5. The van der Waals surface area contributed by atoms with Crippen molar-refractivity contribution in [3.05, 3.63) is 65.4 Å². The summed E-state index contributed by atoms with van der Waals surface area (Å²) in [5, 5.41) is 4.50. The SMILES string of the molecule is Cc1cc2c(c3c1ccc1ccccc13)OC(=C=O)C=C2. The van der Waals surface area contributed by atoms with E-state index in [9.17, 15) is 4.79 Å². The monoisotopic (exact) mass is 272 g/mol. The number of aryl methyl sites for hydroxylation is 1. The molecule has 3 aromatic rings. The highest BCUT2D eigenvalue weighted by molar-refractivity contribution is 6.13. The summed E-state index contributed by atoms with van der Waals surface area (Å²) in [6.45, 7) is 2.09. The molecule has 0 radical (unpaired) electrons. The van der Waals surface area contributed by atoms with Crippen LogP contribution >= 0.6 is 0 Å². The average Bonchev–Trinajstić information content (AvgIpc) is 2.54. The zero-order valence-corrected chi connectivity index (χ0v) is 11.5. The van der Waals surface area contributed by atoms with Crippen LogP contribution in [0.4, 0.5) is 0 Å². The van der Waals surface area contributed by atoms with Gasteiger partial charge in [-0.15, -0.1) is 0 Å². The molecule has 1 aliphatic rings. The number of benzene rings is 3. The van der Waals surface area contributed by atoms with Crippen molar-refractivity contribution in [1.29, 1.82) is 0 Å². The molecule has 1 aliphatic heterocycles. The fraction of sp³-hybridized carbons (Fsp3) is 0.0526. The van der Waals surface area contributed by atoms with Gasteiger partial charge in [0.15, 0.2) is 5.94 Å². The third-order valence-corrected chi connectivity index (χ3v) is 3.94. The molecule has 0 fully saturated rings. The van der Waals surface area contributed by atoms with Crippen molar-refractivity contribution >= 4 is 33.6 Å². The number of hydrogen-bond donors (Lipinski definition) is 0. The van der Waals surface area contributed by atoms with Gasteiger partial charge in [-0.3, -0.25) is 0 Å². The van der Waals surface area contributed by atoms with Gasteiger partial charge in [0.1, 0.15) is 5.75 Å². The molecule has 0 aliphatic carbocycles. The minimum atomic E-state index is 0.223. The van der Waals surface area contributed by atoms with Crippen LogP contribution in [0.1, 0.15) is 11.1 Å². The Bertz CT molecular complexity index is 974. The summed E-state index contributed by atoms with van der Waals surface area (Å²) < 4.78 is 5.76. The first-order valence-electron chi connectivity index (χ1n) is 6.84. The second-order valence-corrected chi connectivity index (χ2v) is 5.22. The number of carbonyl (C=O) groups excluding carboxylic acids is 1. The largest absolute Gasteiger partial charge is 0.444 e. The Labute approximate surface area is 122 Å². The summed E-state index contributed by atoms with van der Waals surface area (Å²) in [5.74, 6) is 2.80. The number of rotatable bonds is 0. The predicted molar refractivity (Wildman–Crippen MR) is 85.1 cm³/mol. The number of fused-ring (bicyclic) bond motifs is 5. The zero-order chi connectivity index (χ0) is 14.4. The molecule has 4 rings (SSSR count). The summed E-state index contributed by atoms with van der Waals surface area (Å²) in [5.41, 5.74) is 2.19. The Morgan fingerprint density at radius 2 is 1.86 bits per heavy atom. The van der Waals surface area contributed by atoms with E-state index in [1.165, 1.54) is 5.56 Å². The van der Waals surface area contributed by atoms with Crippen LogP contribution in [0.15, 0.2) is 54.3 Å². The van der Waals surface area contributed by atoms with Gasteiger partial charge in [-0.05, 0) is 46.9 Å². The third kappa shape index (κ3) is 1.70. The lowest BCUT2D eigenvalue weighted by Gasteiger charge is -2.18. The van der Waals surface area contributed by atoms with Crippen LogP contribution < -0.4 is 4.74 Å². The Balaban J connectivity index is 2.24. The van der Waals surface area contributed by atoms with E-state index >= 15 is 0 Å². The molecular weight excluding hydrogens is 260 g/mol. The van der Waals surface area contributed by atoms with E-state index < -0.39 is 0 Å². The summed E-state index contributed by atoms with van der Waals surface area (Å²) in [4.78, 5) is 10.9. The topological polar surface area (TPSA) is 26.3 Å². The van der Waals surface area contributed by atoms with Crippen molar-refractivity contribution in [2.45, 2.75) is 6.92 Å². The minimum absolute atomic E-state index is 0.223. The van der Waals surface area contributed by atoms with Crippen molar-refractivity contribution in [3.8, 4) is 5.75 Å². The molecular formula is C19H12O2. The van der Waals surface area contributed by atoms with E-state index in [-0.39, 0.29) is 5.76 Å². The molecule has 0 N–H and O–H groups in total. The lowest BCUT2D eigenvalue weighted by Crippen LogP contribution is -2.01. The van der Waals surface area contributed by atoms with Crippen molar-refractivity contribution in [1.82, 2.24) is 0 Å². The van der Waals surface area contributed by atoms with Gasteiger partial charge in [-0.1, -0.05) is 36.4 Å². The number of allylic oxidation sites excluding steroid dienone is 1. The zero-order valence-electron chi connectivity index (χ0n) is 11.5. The van der Waals surface area contributed by atoms with E-state index in [0.29, 0.717) is 0 Å². The number of hydrogen-bond acceptors (Lipinski definition) is 2. The minimum Gasteiger partial charge on any atom is -0.444 e. The Morgan fingerprint density at radius 1 is 1.00 bits per heavy atom. The van der Waals surface area contributed by atoms with Gasteiger partial charge < -0.3 is 4.74 Å². The summed E-state index contributed by atoms with van der Waals surface area (Å²) in [6.07, 6.45) is 3.57. The Hall–Kier alpha value is -2.83. The second kappa shape index (κ2) is 4.34. The Kier molecular flexibility index (Phi) is 2.47. The Morgan fingerprint density at radius 3 is 2.71 bits per heavy atom. The highest BCUT2D eigenvalue weighted by Gasteiger charge is 2.17. The molecule has 2 nitrogen and oxygen atoms in total. The molecule has 21 heavy (non-hydrogen) atoms. The van der Waals surface area contributed by atoms with E-state index in [2.05, 4.69) is 37.3 Å². The predicted octanol–water partition coefficient (Wildman–Crippen LogP) is 4.42. The smallest absolute Gasteiger partial charge is 0.210 e. The van der Waals surface area contributed by atoms with Gasteiger partial charge in [0.25, 0.3) is 0 Å². The third-order valence-electron chi connectivity index (χ3n) is 3.94. The van der Waals surface area contributed by atoms with Gasteiger partial charge in [0, 0.05) is 10.9 Å². The fourth-order valence-corrected chi connectivity index (χ4v) is 2.96.